The summed E-state index contributed by atoms with van der Waals surface area (Å²) in [6.07, 6.45) is 2.62. The van der Waals surface area contributed by atoms with Crippen molar-refractivity contribution in [1.82, 2.24) is 5.43 Å². The molecule has 2 nitrogen and oxygen atoms in total. The molecule has 1 fully saturated rings. The maximum Gasteiger partial charge on any atom is 0.0586 e. The van der Waals surface area contributed by atoms with Crippen LogP contribution in [0.5, 0.6) is 0 Å². The molecule has 3 N–H and O–H groups in total. The molecule has 0 aromatic carbocycles. The van der Waals surface area contributed by atoms with Gasteiger partial charge in [-0.1, -0.05) is 0 Å². The van der Waals surface area contributed by atoms with E-state index < -0.39 is 0 Å². The molecule has 1 aliphatic heterocycles. The first-order valence-corrected chi connectivity index (χ1v) is 6.51. The Hall–Kier alpha value is -0.0300. The fraction of sp³-hybridized carbons (Fsp3) is 0.556. The lowest BCUT2D eigenvalue weighted by atomic mass is 10.0. The normalized spacial score (nSPS) is 24.8. The van der Waals surface area contributed by atoms with Crippen LogP contribution < -0.4 is 11.3 Å². The summed E-state index contributed by atoms with van der Waals surface area (Å²) in [5.74, 6) is 6.87. The maximum absolute atomic E-state index is 5.59. The van der Waals surface area contributed by atoms with Crippen LogP contribution in [0.4, 0.5) is 0 Å². The molecule has 2 heterocycles. The predicted octanol–water partition coefficient (Wildman–Crippen LogP) is 2.15. The van der Waals surface area contributed by atoms with Crippen LogP contribution in [-0.4, -0.2) is 11.0 Å². The molecule has 2 atom stereocenters. The Labute approximate surface area is 86.9 Å². The first-order chi connectivity index (χ1) is 6.42. The minimum Gasteiger partial charge on any atom is -0.271 e. The van der Waals surface area contributed by atoms with Crippen molar-refractivity contribution in [1.29, 1.82) is 0 Å². The van der Waals surface area contributed by atoms with E-state index in [-0.39, 0.29) is 0 Å². The Balaban J connectivity index is 2.08. The van der Waals surface area contributed by atoms with Gasteiger partial charge in [0.05, 0.1) is 6.04 Å². The highest BCUT2D eigenvalue weighted by Crippen LogP contribution is 2.35. The smallest absolute Gasteiger partial charge is 0.0586 e. The summed E-state index contributed by atoms with van der Waals surface area (Å²) in [5.41, 5.74) is 4.27. The summed E-state index contributed by atoms with van der Waals surface area (Å²) in [7, 11) is 0. The average Bonchev–Trinajstić information content (AvgIpc) is 2.76. The molecule has 0 saturated carbocycles. The molecule has 0 amide bonds. The minimum absolute atomic E-state index is 0.346. The molecule has 13 heavy (non-hydrogen) atoms. The van der Waals surface area contributed by atoms with Crippen molar-refractivity contribution in [3.05, 3.63) is 22.4 Å². The number of nitrogens with two attached hydrogens (primary N) is 1. The van der Waals surface area contributed by atoms with E-state index in [1.54, 1.807) is 11.3 Å². The van der Waals surface area contributed by atoms with Gasteiger partial charge in [0.1, 0.15) is 0 Å². The number of rotatable bonds is 3. The maximum atomic E-state index is 5.59. The van der Waals surface area contributed by atoms with Crippen molar-refractivity contribution in [2.45, 2.75) is 24.1 Å². The number of hydrazine groups is 1. The van der Waals surface area contributed by atoms with E-state index in [9.17, 15) is 0 Å². The van der Waals surface area contributed by atoms with Crippen LogP contribution in [0.25, 0.3) is 0 Å². The summed E-state index contributed by atoms with van der Waals surface area (Å²) < 4.78 is 0. The third-order valence-electron chi connectivity index (χ3n) is 2.42. The lowest BCUT2D eigenvalue weighted by Crippen LogP contribution is -2.33. The number of nitrogens with one attached hydrogen (secondary N) is 1. The summed E-state index contributed by atoms with van der Waals surface area (Å²) in [5, 5.41) is 4.96. The van der Waals surface area contributed by atoms with Crippen molar-refractivity contribution in [3.63, 3.8) is 0 Å². The summed E-state index contributed by atoms with van der Waals surface area (Å²) in [6, 6.07) is 2.51. The van der Waals surface area contributed by atoms with Crippen LogP contribution in [0.1, 0.15) is 24.4 Å². The lowest BCUT2D eigenvalue weighted by molar-refractivity contribution is 0.521. The molecule has 0 aliphatic carbocycles. The average molecular weight is 214 g/mol. The van der Waals surface area contributed by atoms with Crippen molar-refractivity contribution in [3.8, 4) is 0 Å². The number of hydrogen-bond acceptors (Lipinski definition) is 4. The Morgan fingerprint density at radius 1 is 1.62 bits per heavy atom. The van der Waals surface area contributed by atoms with Gasteiger partial charge in [0.2, 0.25) is 0 Å². The van der Waals surface area contributed by atoms with E-state index in [4.69, 9.17) is 5.84 Å². The first-order valence-electron chi connectivity index (χ1n) is 4.51. The number of thioether (sulfide) groups is 1. The topological polar surface area (TPSA) is 38.0 Å². The first kappa shape index (κ1) is 9.52. The summed E-state index contributed by atoms with van der Waals surface area (Å²) >= 11 is 3.77. The molecule has 4 heteroatoms. The summed E-state index contributed by atoms with van der Waals surface area (Å²) in [4.78, 5) is 0. The zero-order chi connectivity index (χ0) is 9.10. The Morgan fingerprint density at radius 2 is 2.54 bits per heavy atom. The van der Waals surface area contributed by atoms with Crippen LogP contribution in [0.3, 0.4) is 0 Å². The van der Waals surface area contributed by atoms with Gasteiger partial charge in [-0.2, -0.15) is 23.1 Å². The van der Waals surface area contributed by atoms with Gasteiger partial charge in [-0.3, -0.25) is 11.3 Å². The fourth-order valence-electron chi connectivity index (χ4n) is 1.74. The zero-order valence-electron chi connectivity index (χ0n) is 7.40. The van der Waals surface area contributed by atoms with E-state index in [0.717, 1.165) is 0 Å². The fourth-order valence-corrected chi connectivity index (χ4v) is 3.83. The van der Waals surface area contributed by atoms with Gasteiger partial charge in [-0.15, -0.1) is 0 Å². The molecule has 0 bridgehead atoms. The Kier molecular flexibility index (Phi) is 3.27. The van der Waals surface area contributed by atoms with E-state index in [0.29, 0.717) is 11.3 Å². The van der Waals surface area contributed by atoms with Crippen LogP contribution >= 0.6 is 23.1 Å². The molecule has 2 rings (SSSR count). The third kappa shape index (κ3) is 2.07. The molecule has 0 radical (unpaired) electrons. The second kappa shape index (κ2) is 4.46. The second-order valence-corrected chi connectivity index (χ2v) is 5.38. The molecular weight excluding hydrogens is 200 g/mol. The van der Waals surface area contributed by atoms with Crippen molar-refractivity contribution >= 4 is 23.1 Å². The second-order valence-electron chi connectivity index (χ2n) is 3.25. The van der Waals surface area contributed by atoms with Crippen molar-refractivity contribution < 1.29 is 0 Å². The van der Waals surface area contributed by atoms with Crippen molar-refractivity contribution in [2.24, 2.45) is 5.84 Å². The van der Waals surface area contributed by atoms with Gasteiger partial charge in [0, 0.05) is 5.25 Å². The van der Waals surface area contributed by atoms with Gasteiger partial charge in [0.25, 0.3) is 0 Å². The highest BCUT2D eigenvalue weighted by Gasteiger charge is 2.25. The molecule has 72 valence electrons. The van der Waals surface area contributed by atoms with Crippen LogP contribution in [-0.2, 0) is 0 Å². The van der Waals surface area contributed by atoms with Crippen molar-refractivity contribution in [2.75, 3.05) is 5.75 Å². The van der Waals surface area contributed by atoms with Crippen LogP contribution in [0.15, 0.2) is 16.8 Å². The lowest BCUT2D eigenvalue weighted by Gasteiger charge is -2.20. The SMILES string of the molecule is NNC(c1ccsc1)C1CCCS1. The third-order valence-corrected chi connectivity index (χ3v) is 4.58. The largest absolute Gasteiger partial charge is 0.271 e. The summed E-state index contributed by atoms with van der Waals surface area (Å²) in [6.45, 7) is 0. The quantitative estimate of drug-likeness (QED) is 0.598. The van der Waals surface area contributed by atoms with E-state index in [1.165, 1.54) is 24.2 Å². The van der Waals surface area contributed by atoms with E-state index >= 15 is 0 Å². The number of thiophene rings is 1. The Bertz CT molecular complexity index is 242. The Morgan fingerprint density at radius 3 is 3.08 bits per heavy atom. The van der Waals surface area contributed by atoms with Gasteiger partial charge in [-0.25, -0.2) is 0 Å². The van der Waals surface area contributed by atoms with Gasteiger partial charge in [-0.05, 0) is 41.0 Å². The molecule has 1 aromatic heterocycles. The predicted molar refractivity (Wildman–Crippen MR) is 59.9 cm³/mol. The molecule has 2 unspecified atom stereocenters. The highest BCUT2D eigenvalue weighted by molar-refractivity contribution is 8.00. The molecule has 1 saturated heterocycles. The van der Waals surface area contributed by atoms with Gasteiger partial charge >= 0.3 is 0 Å². The molecule has 1 aromatic rings. The van der Waals surface area contributed by atoms with Gasteiger partial charge in [0.15, 0.2) is 0 Å². The molecule has 1 aliphatic rings. The zero-order valence-corrected chi connectivity index (χ0v) is 9.03. The van der Waals surface area contributed by atoms with E-state index in [1.807, 2.05) is 11.8 Å². The van der Waals surface area contributed by atoms with Crippen LogP contribution in [0.2, 0.25) is 0 Å². The van der Waals surface area contributed by atoms with Crippen LogP contribution in [0, 0.1) is 0 Å². The van der Waals surface area contributed by atoms with Gasteiger partial charge < -0.3 is 0 Å². The standard InChI is InChI=1S/C9H14N2S2/c10-11-9(7-3-5-12-6-7)8-2-1-4-13-8/h3,5-6,8-9,11H,1-2,4,10H2. The minimum atomic E-state index is 0.346. The monoisotopic (exact) mass is 214 g/mol. The van der Waals surface area contributed by atoms with E-state index in [2.05, 4.69) is 22.3 Å². The highest BCUT2D eigenvalue weighted by atomic mass is 32.2. The number of hydrogen-bond donors (Lipinski definition) is 2. The molecular formula is C9H14N2S2. The molecule has 0 spiro atoms.